The van der Waals surface area contributed by atoms with Crippen LogP contribution in [0.1, 0.15) is 17.0 Å². The van der Waals surface area contributed by atoms with Gasteiger partial charge in [0.05, 0.1) is 12.2 Å². The van der Waals surface area contributed by atoms with Gasteiger partial charge in [0.25, 0.3) is 0 Å². The fourth-order valence-corrected chi connectivity index (χ4v) is 2.05. The molecule has 15 heavy (non-hydrogen) atoms. The molecular formula is C10H13N3OS. The second-order valence-electron chi connectivity index (χ2n) is 3.31. The Morgan fingerprint density at radius 1 is 1.47 bits per heavy atom. The Morgan fingerprint density at radius 2 is 2.40 bits per heavy atom. The fourth-order valence-electron chi connectivity index (χ4n) is 1.35. The average molecular weight is 223 g/mol. The van der Waals surface area contributed by atoms with Gasteiger partial charge in [-0.15, -0.1) is 16.4 Å². The van der Waals surface area contributed by atoms with Gasteiger partial charge in [-0.3, -0.25) is 0 Å². The topological polar surface area (TPSA) is 50.9 Å². The predicted octanol–water partition coefficient (Wildman–Crippen LogP) is 1.31. The largest absolute Gasteiger partial charge is 0.396 e. The Kier molecular flexibility index (Phi) is 3.47. The Balaban J connectivity index is 1.95. The number of aromatic nitrogens is 3. The summed E-state index contributed by atoms with van der Waals surface area (Å²) in [6.07, 6.45) is 3.48. The van der Waals surface area contributed by atoms with E-state index >= 15 is 0 Å². The van der Waals surface area contributed by atoms with Crippen molar-refractivity contribution >= 4 is 11.3 Å². The van der Waals surface area contributed by atoms with Gasteiger partial charge in [-0.1, -0.05) is 11.3 Å². The molecule has 80 valence electrons. The van der Waals surface area contributed by atoms with Crippen molar-refractivity contribution < 1.29 is 5.11 Å². The lowest BCUT2D eigenvalue weighted by Gasteiger charge is -1.95. The van der Waals surface area contributed by atoms with Crippen LogP contribution >= 0.6 is 11.3 Å². The predicted molar refractivity (Wildman–Crippen MR) is 58.8 cm³/mol. The number of aryl methyl sites for hydroxylation is 1. The molecule has 0 radical (unpaired) electrons. The Morgan fingerprint density at radius 3 is 3.13 bits per heavy atom. The molecule has 0 unspecified atom stereocenters. The van der Waals surface area contributed by atoms with E-state index in [1.54, 1.807) is 11.3 Å². The number of aliphatic hydroxyl groups excluding tert-OH is 1. The maximum atomic E-state index is 8.69. The summed E-state index contributed by atoms with van der Waals surface area (Å²) in [4.78, 5) is 1.27. The molecule has 2 rings (SSSR count). The SMILES string of the molecule is OCCCc1cn(Cc2cccs2)nn1. The van der Waals surface area contributed by atoms with Gasteiger partial charge >= 0.3 is 0 Å². The van der Waals surface area contributed by atoms with E-state index in [0.717, 1.165) is 25.1 Å². The summed E-state index contributed by atoms with van der Waals surface area (Å²) in [6, 6.07) is 4.11. The van der Waals surface area contributed by atoms with E-state index < -0.39 is 0 Å². The highest BCUT2D eigenvalue weighted by Crippen LogP contribution is 2.10. The molecule has 0 aliphatic carbocycles. The van der Waals surface area contributed by atoms with Crippen molar-refractivity contribution in [3.63, 3.8) is 0 Å². The number of hydrogen-bond donors (Lipinski definition) is 1. The number of rotatable bonds is 5. The molecule has 0 saturated carbocycles. The molecule has 2 aromatic rings. The van der Waals surface area contributed by atoms with Crippen LogP contribution in [0.4, 0.5) is 0 Å². The number of hydrogen-bond acceptors (Lipinski definition) is 4. The summed E-state index contributed by atoms with van der Waals surface area (Å²) in [6.45, 7) is 0.988. The molecular weight excluding hydrogens is 210 g/mol. The van der Waals surface area contributed by atoms with Gasteiger partial charge in [-0.2, -0.15) is 0 Å². The van der Waals surface area contributed by atoms with E-state index in [1.807, 2.05) is 16.9 Å². The van der Waals surface area contributed by atoms with Crippen LogP contribution in [-0.2, 0) is 13.0 Å². The smallest absolute Gasteiger partial charge is 0.0828 e. The monoisotopic (exact) mass is 223 g/mol. The van der Waals surface area contributed by atoms with Crippen LogP contribution in [0.25, 0.3) is 0 Å². The van der Waals surface area contributed by atoms with Crippen molar-refractivity contribution in [3.8, 4) is 0 Å². The van der Waals surface area contributed by atoms with E-state index in [0.29, 0.717) is 0 Å². The third kappa shape index (κ3) is 2.87. The highest BCUT2D eigenvalue weighted by Gasteiger charge is 2.01. The van der Waals surface area contributed by atoms with Gasteiger partial charge in [0.15, 0.2) is 0 Å². The molecule has 0 saturated heterocycles. The van der Waals surface area contributed by atoms with Gasteiger partial charge < -0.3 is 5.11 Å². The van der Waals surface area contributed by atoms with Crippen LogP contribution in [0.15, 0.2) is 23.7 Å². The zero-order valence-corrected chi connectivity index (χ0v) is 9.15. The number of thiophene rings is 1. The highest BCUT2D eigenvalue weighted by atomic mass is 32.1. The molecule has 0 fully saturated rings. The van der Waals surface area contributed by atoms with Crippen LogP contribution in [-0.4, -0.2) is 26.7 Å². The second-order valence-corrected chi connectivity index (χ2v) is 4.35. The lowest BCUT2D eigenvalue weighted by Crippen LogP contribution is -1.98. The van der Waals surface area contributed by atoms with Crippen LogP contribution in [0.3, 0.4) is 0 Å². The summed E-state index contributed by atoms with van der Waals surface area (Å²) in [7, 11) is 0. The summed E-state index contributed by atoms with van der Waals surface area (Å²) >= 11 is 1.72. The van der Waals surface area contributed by atoms with Crippen molar-refractivity contribution in [2.24, 2.45) is 0 Å². The zero-order chi connectivity index (χ0) is 10.5. The Bertz CT molecular complexity index is 396. The molecule has 0 amide bonds. The summed E-state index contributed by atoms with van der Waals surface area (Å²) < 4.78 is 1.83. The molecule has 0 bridgehead atoms. The van der Waals surface area contributed by atoms with Gasteiger partial charge in [-0.05, 0) is 24.3 Å². The quantitative estimate of drug-likeness (QED) is 0.831. The highest BCUT2D eigenvalue weighted by molar-refractivity contribution is 7.09. The minimum absolute atomic E-state index is 0.206. The minimum Gasteiger partial charge on any atom is -0.396 e. The van der Waals surface area contributed by atoms with Crippen molar-refractivity contribution in [2.75, 3.05) is 6.61 Å². The lowest BCUT2D eigenvalue weighted by atomic mass is 10.3. The first-order chi connectivity index (χ1) is 7.38. The standard InChI is InChI=1S/C10H13N3OS/c14-5-1-3-9-7-13(12-11-9)8-10-4-2-6-15-10/h2,4,6-7,14H,1,3,5,8H2. The molecule has 5 heteroatoms. The second kappa shape index (κ2) is 5.04. The summed E-state index contributed by atoms with van der Waals surface area (Å²) in [5.41, 5.74) is 0.945. The molecule has 4 nitrogen and oxygen atoms in total. The Labute approximate surface area is 92.2 Å². The molecule has 1 N–H and O–H groups in total. The molecule has 0 aromatic carbocycles. The van der Waals surface area contributed by atoms with E-state index in [9.17, 15) is 0 Å². The first-order valence-corrected chi connectivity index (χ1v) is 5.78. The summed E-state index contributed by atoms with van der Waals surface area (Å²) in [5.74, 6) is 0. The van der Waals surface area contributed by atoms with Crippen molar-refractivity contribution in [1.29, 1.82) is 0 Å². The fraction of sp³-hybridized carbons (Fsp3) is 0.400. The van der Waals surface area contributed by atoms with Gasteiger partial charge in [0.1, 0.15) is 0 Å². The normalized spacial score (nSPS) is 10.7. The maximum Gasteiger partial charge on any atom is 0.0828 e. The van der Waals surface area contributed by atoms with E-state index in [2.05, 4.69) is 21.8 Å². The molecule has 2 heterocycles. The first-order valence-electron chi connectivity index (χ1n) is 4.91. The van der Waals surface area contributed by atoms with Crippen LogP contribution in [0.2, 0.25) is 0 Å². The van der Waals surface area contributed by atoms with Crippen molar-refractivity contribution in [1.82, 2.24) is 15.0 Å². The van der Waals surface area contributed by atoms with Crippen molar-refractivity contribution in [2.45, 2.75) is 19.4 Å². The number of nitrogens with zero attached hydrogens (tertiary/aromatic N) is 3. The molecule has 2 aromatic heterocycles. The molecule has 0 aliphatic heterocycles. The zero-order valence-electron chi connectivity index (χ0n) is 8.33. The van der Waals surface area contributed by atoms with Gasteiger partial charge in [0, 0.05) is 17.7 Å². The first kappa shape index (κ1) is 10.3. The van der Waals surface area contributed by atoms with E-state index in [-0.39, 0.29) is 6.61 Å². The average Bonchev–Trinajstić information content (AvgIpc) is 2.87. The summed E-state index contributed by atoms with van der Waals surface area (Å²) in [5, 5.41) is 18.8. The van der Waals surface area contributed by atoms with E-state index in [1.165, 1.54) is 4.88 Å². The van der Waals surface area contributed by atoms with Crippen LogP contribution in [0, 0.1) is 0 Å². The lowest BCUT2D eigenvalue weighted by molar-refractivity contribution is 0.288. The van der Waals surface area contributed by atoms with Gasteiger partial charge in [-0.25, -0.2) is 4.68 Å². The molecule has 0 aliphatic rings. The van der Waals surface area contributed by atoms with Crippen molar-refractivity contribution in [3.05, 3.63) is 34.3 Å². The minimum atomic E-state index is 0.206. The third-order valence-electron chi connectivity index (χ3n) is 2.08. The number of aliphatic hydroxyl groups is 1. The van der Waals surface area contributed by atoms with Gasteiger partial charge in [0.2, 0.25) is 0 Å². The van der Waals surface area contributed by atoms with Crippen LogP contribution in [0.5, 0.6) is 0 Å². The van der Waals surface area contributed by atoms with Crippen LogP contribution < -0.4 is 0 Å². The maximum absolute atomic E-state index is 8.69. The third-order valence-corrected chi connectivity index (χ3v) is 2.94. The van der Waals surface area contributed by atoms with E-state index in [4.69, 9.17) is 5.11 Å². The Hall–Kier alpha value is -1.20. The molecule has 0 spiro atoms. The molecule has 0 atom stereocenters.